The second-order valence-electron chi connectivity index (χ2n) is 5.79. The summed E-state index contributed by atoms with van der Waals surface area (Å²) in [7, 11) is 0. The van der Waals surface area contributed by atoms with E-state index in [2.05, 4.69) is 0 Å². The van der Waals surface area contributed by atoms with Crippen LogP contribution < -0.4 is 9.47 Å². The molecule has 2 aromatic carbocycles. The van der Waals surface area contributed by atoms with Gasteiger partial charge in [0.25, 0.3) is 0 Å². The first kappa shape index (κ1) is 12.7. The molecule has 1 aliphatic carbocycles. The van der Waals surface area contributed by atoms with E-state index in [1.165, 1.54) is 0 Å². The molecule has 2 unspecified atom stereocenters. The van der Waals surface area contributed by atoms with Gasteiger partial charge in [0.05, 0.1) is 24.7 Å². The SMILES string of the molecule is OC(c1cccc(OC2CC2)c1)C1COc2ccccc21. The molecule has 0 aromatic heterocycles. The molecule has 1 saturated carbocycles. The summed E-state index contributed by atoms with van der Waals surface area (Å²) in [6.07, 6.45) is 2.07. The Morgan fingerprint density at radius 3 is 2.81 bits per heavy atom. The molecule has 108 valence electrons. The van der Waals surface area contributed by atoms with Crippen molar-refractivity contribution in [1.82, 2.24) is 0 Å². The van der Waals surface area contributed by atoms with Crippen LogP contribution in [0.15, 0.2) is 48.5 Å². The lowest BCUT2D eigenvalue weighted by Gasteiger charge is -2.18. The number of hydrogen-bond acceptors (Lipinski definition) is 3. The maximum atomic E-state index is 10.7. The van der Waals surface area contributed by atoms with Gasteiger partial charge in [0.2, 0.25) is 0 Å². The molecule has 1 fully saturated rings. The maximum absolute atomic E-state index is 10.7. The molecule has 21 heavy (non-hydrogen) atoms. The molecule has 2 aliphatic rings. The molecular weight excluding hydrogens is 264 g/mol. The molecule has 0 spiro atoms. The molecule has 1 heterocycles. The molecule has 3 heteroatoms. The Kier molecular flexibility index (Phi) is 3.08. The first-order valence-corrected chi connectivity index (χ1v) is 7.47. The zero-order chi connectivity index (χ0) is 14.2. The summed E-state index contributed by atoms with van der Waals surface area (Å²) in [6, 6.07) is 15.7. The van der Waals surface area contributed by atoms with Crippen LogP contribution in [0.4, 0.5) is 0 Å². The maximum Gasteiger partial charge on any atom is 0.123 e. The summed E-state index contributed by atoms with van der Waals surface area (Å²) in [4.78, 5) is 0. The quantitative estimate of drug-likeness (QED) is 0.933. The van der Waals surface area contributed by atoms with Crippen molar-refractivity contribution in [3.05, 3.63) is 59.7 Å². The number of rotatable bonds is 4. The van der Waals surface area contributed by atoms with Crippen molar-refractivity contribution < 1.29 is 14.6 Å². The van der Waals surface area contributed by atoms with Crippen molar-refractivity contribution in [2.24, 2.45) is 0 Å². The third-order valence-electron chi connectivity index (χ3n) is 4.14. The monoisotopic (exact) mass is 282 g/mol. The van der Waals surface area contributed by atoms with Crippen LogP contribution >= 0.6 is 0 Å². The largest absolute Gasteiger partial charge is 0.493 e. The highest BCUT2D eigenvalue weighted by atomic mass is 16.5. The fourth-order valence-electron chi connectivity index (χ4n) is 2.83. The van der Waals surface area contributed by atoms with Gasteiger partial charge in [-0.1, -0.05) is 30.3 Å². The van der Waals surface area contributed by atoms with Crippen molar-refractivity contribution in [2.45, 2.75) is 31.0 Å². The number of aliphatic hydroxyl groups excluding tert-OH is 1. The Morgan fingerprint density at radius 2 is 1.95 bits per heavy atom. The van der Waals surface area contributed by atoms with Crippen LogP contribution in [-0.4, -0.2) is 17.8 Å². The number of ether oxygens (including phenoxy) is 2. The predicted octanol–water partition coefficient (Wildman–Crippen LogP) is 3.44. The Labute approximate surface area is 124 Å². The molecule has 1 aliphatic heterocycles. The molecule has 2 aromatic rings. The average molecular weight is 282 g/mol. The van der Waals surface area contributed by atoms with Crippen LogP contribution in [0.1, 0.15) is 36.0 Å². The van der Waals surface area contributed by atoms with Gasteiger partial charge < -0.3 is 14.6 Å². The standard InChI is InChI=1S/C18H18O3/c19-18(16-11-20-17-7-2-1-6-15(16)17)12-4-3-5-14(10-12)21-13-8-9-13/h1-7,10,13,16,18-19H,8-9,11H2. The highest BCUT2D eigenvalue weighted by molar-refractivity contribution is 5.42. The summed E-state index contributed by atoms with van der Waals surface area (Å²) in [5.41, 5.74) is 1.97. The average Bonchev–Trinajstić information content (AvgIpc) is 3.23. The van der Waals surface area contributed by atoms with Crippen LogP contribution in [0, 0.1) is 0 Å². The minimum Gasteiger partial charge on any atom is -0.493 e. The van der Waals surface area contributed by atoms with Crippen LogP contribution in [0.3, 0.4) is 0 Å². The Hall–Kier alpha value is -2.00. The fraction of sp³-hybridized carbons (Fsp3) is 0.333. The highest BCUT2D eigenvalue weighted by Gasteiger charge is 2.31. The number of benzene rings is 2. The van der Waals surface area contributed by atoms with E-state index in [-0.39, 0.29) is 5.92 Å². The van der Waals surface area contributed by atoms with Gasteiger partial charge >= 0.3 is 0 Å². The smallest absolute Gasteiger partial charge is 0.123 e. The molecule has 2 atom stereocenters. The summed E-state index contributed by atoms with van der Waals surface area (Å²) >= 11 is 0. The van der Waals surface area contributed by atoms with Gasteiger partial charge in [-0.05, 0) is 36.6 Å². The molecule has 1 N–H and O–H groups in total. The van der Waals surface area contributed by atoms with Gasteiger partial charge in [0.1, 0.15) is 11.5 Å². The normalized spacial score (nSPS) is 21.5. The molecular formula is C18H18O3. The first-order valence-electron chi connectivity index (χ1n) is 7.47. The molecule has 3 nitrogen and oxygen atoms in total. The Morgan fingerprint density at radius 1 is 1.10 bits per heavy atom. The number of para-hydroxylation sites is 1. The Balaban J connectivity index is 1.58. The summed E-state index contributed by atoms with van der Waals surface area (Å²) in [5.74, 6) is 1.71. The predicted molar refractivity (Wildman–Crippen MR) is 79.7 cm³/mol. The lowest BCUT2D eigenvalue weighted by Crippen LogP contribution is -2.12. The van der Waals surface area contributed by atoms with Gasteiger partial charge in [-0.15, -0.1) is 0 Å². The van der Waals surface area contributed by atoms with Gasteiger partial charge in [0, 0.05) is 5.56 Å². The van der Waals surface area contributed by atoms with E-state index in [1.807, 2.05) is 48.5 Å². The van der Waals surface area contributed by atoms with Gasteiger partial charge in [-0.2, -0.15) is 0 Å². The molecule has 0 amide bonds. The fourth-order valence-corrected chi connectivity index (χ4v) is 2.83. The summed E-state index contributed by atoms with van der Waals surface area (Å²) in [6.45, 7) is 0.522. The van der Waals surface area contributed by atoms with E-state index in [0.717, 1.165) is 35.5 Å². The third kappa shape index (κ3) is 2.49. The van der Waals surface area contributed by atoms with Gasteiger partial charge in [-0.3, -0.25) is 0 Å². The first-order chi connectivity index (χ1) is 10.3. The van der Waals surface area contributed by atoms with Crippen LogP contribution in [0.25, 0.3) is 0 Å². The van der Waals surface area contributed by atoms with E-state index >= 15 is 0 Å². The third-order valence-corrected chi connectivity index (χ3v) is 4.14. The Bertz CT molecular complexity index is 648. The molecule has 0 saturated heterocycles. The molecule has 4 rings (SSSR count). The van der Waals surface area contributed by atoms with Crippen molar-refractivity contribution in [2.75, 3.05) is 6.61 Å². The van der Waals surface area contributed by atoms with Crippen LogP contribution in [-0.2, 0) is 0 Å². The van der Waals surface area contributed by atoms with Crippen molar-refractivity contribution in [3.8, 4) is 11.5 Å². The topological polar surface area (TPSA) is 38.7 Å². The zero-order valence-corrected chi connectivity index (χ0v) is 11.7. The van der Waals surface area contributed by atoms with Gasteiger partial charge in [-0.25, -0.2) is 0 Å². The minimum absolute atomic E-state index is 0.0163. The lowest BCUT2D eigenvalue weighted by molar-refractivity contribution is 0.129. The van der Waals surface area contributed by atoms with E-state index in [0.29, 0.717) is 12.7 Å². The van der Waals surface area contributed by atoms with E-state index in [9.17, 15) is 5.11 Å². The summed E-state index contributed by atoms with van der Waals surface area (Å²) < 4.78 is 11.5. The summed E-state index contributed by atoms with van der Waals surface area (Å²) in [5, 5.41) is 10.7. The van der Waals surface area contributed by atoms with E-state index < -0.39 is 6.10 Å². The van der Waals surface area contributed by atoms with Crippen LogP contribution in [0.5, 0.6) is 11.5 Å². The highest BCUT2D eigenvalue weighted by Crippen LogP contribution is 2.41. The molecule has 0 bridgehead atoms. The van der Waals surface area contributed by atoms with Crippen molar-refractivity contribution in [1.29, 1.82) is 0 Å². The van der Waals surface area contributed by atoms with Crippen molar-refractivity contribution >= 4 is 0 Å². The van der Waals surface area contributed by atoms with E-state index in [4.69, 9.17) is 9.47 Å². The van der Waals surface area contributed by atoms with E-state index in [1.54, 1.807) is 0 Å². The lowest BCUT2D eigenvalue weighted by atomic mass is 9.91. The number of aliphatic hydroxyl groups is 1. The van der Waals surface area contributed by atoms with Crippen LogP contribution in [0.2, 0.25) is 0 Å². The zero-order valence-electron chi connectivity index (χ0n) is 11.7. The van der Waals surface area contributed by atoms with Gasteiger partial charge in [0.15, 0.2) is 0 Å². The number of hydrogen-bond donors (Lipinski definition) is 1. The molecule has 0 radical (unpaired) electrons. The second-order valence-corrected chi connectivity index (χ2v) is 5.79. The second kappa shape index (κ2) is 5.08. The minimum atomic E-state index is -0.573. The number of fused-ring (bicyclic) bond motifs is 1. The van der Waals surface area contributed by atoms with Crippen molar-refractivity contribution in [3.63, 3.8) is 0 Å².